The van der Waals surface area contributed by atoms with Gasteiger partial charge in [-0.2, -0.15) is 0 Å². The maximum absolute atomic E-state index is 2.54. The zero-order chi connectivity index (χ0) is 21.8. The Bertz CT molecular complexity index is 1350. The first-order valence-electron chi connectivity index (χ1n) is 12.0. The van der Waals surface area contributed by atoms with E-state index in [0.29, 0.717) is 0 Å². The molecule has 32 heavy (non-hydrogen) atoms. The lowest BCUT2D eigenvalue weighted by molar-refractivity contribution is 0.589. The van der Waals surface area contributed by atoms with E-state index in [-0.39, 0.29) is 10.8 Å². The van der Waals surface area contributed by atoms with Gasteiger partial charge in [-0.25, -0.2) is 0 Å². The van der Waals surface area contributed by atoms with Crippen LogP contribution in [0.25, 0.3) is 5.57 Å². The van der Waals surface area contributed by atoms with Crippen molar-refractivity contribution in [2.24, 2.45) is 11.8 Å². The SMILES string of the molecule is CC1(C)C2=C(C=CC3CC23)c2cc3c(cc21)N(c1ccccc1)c1ccccc1C3(C)C. The lowest BCUT2D eigenvalue weighted by Crippen LogP contribution is -2.31. The van der Waals surface area contributed by atoms with Crippen LogP contribution in [0.15, 0.2) is 84.5 Å². The van der Waals surface area contributed by atoms with Gasteiger partial charge in [-0.1, -0.05) is 76.2 Å². The van der Waals surface area contributed by atoms with E-state index in [0.717, 1.165) is 11.8 Å². The molecule has 1 nitrogen and oxygen atoms in total. The van der Waals surface area contributed by atoms with Crippen molar-refractivity contribution in [1.82, 2.24) is 0 Å². The highest BCUT2D eigenvalue weighted by molar-refractivity contribution is 5.93. The molecule has 7 rings (SSSR count). The van der Waals surface area contributed by atoms with Gasteiger partial charge in [-0.05, 0) is 82.0 Å². The molecule has 2 unspecified atom stereocenters. The van der Waals surface area contributed by atoms with E-state index < -0.39 is 0 Å². The van der Waals surface area contributed by atoms with Crippen LogP contribution >= 0.6 is 0 Å². The molecular formula is C31H29N. The average molecular weight is 416 g/mol. The number of hydrogen-bond donors (Lipinski definition) is 0. The molecule has 2 atom stereocenters. The fourth-order valence-electron chi connectivity index (χ4n) is 6.79. The Labute approximate surface area is 191 Å². The highest BCUT2D eigenvalue weighted by atomic mass is 15.2. The summed E-state index contributed by atoms with van der Waals surface area (Å²) >= 11 is 0. The minimum Gasteiger partial charge on any atom is -0.310 e. The highest BCUT2D eigenvalue weighted by Crippen LogP contribution is 2.63. The molecule has 3 aromatic rings. The molecule has 1 fully saturated rings. The first kappa shape index (κ1) is 18.5. The standard InChI is InChI=1S/C31H29N/c1-30(2)24-12-8-9-13-27(24)32(20-10-6-5-7-11-20)28-18-25-23(17-26(28)30)21-15-14-19-16-22(19)29(21)31(25,3)4/h5-15,17-19,22H,16H2,1-4H3. The van der Waals surface area contributed by atoms with Crippen LogP contribution in [0.3, 0.4) is 0 Å². The Morgan fingerprint density at radius 1 is 0.750 bits per heavy atom. The molecule has 4 aliphatic rings. The van der Waals surface area contributed by atoms with Gasteiger partial charge in [0.2, 0.25) is 0 Å². The van der Waals surface area contributed by atoms with E-state index in [2.05, 4.69) is 111 Å². The Balaban J connectivity index is 1.53. The van der Waals surface area contributed by atoms with Crippen LogP contribution < -0.4 is 4.90 Å². The predicted molar refractivity (Wildman–Crippen MR) is 134 cm³/mol. The van der Waals surface area contributed by atoms with Crippen LogP contribution in [-0.4, -0.2) is 0 Å². The van der Waals surface area contributed by atoms with Crippen molar-refractivity contribution >= 4 is 22.6 Å². The second-order valence-electron chi connectivity index (χ2n) is 11.0. The third-order valence-corrected chi connectivity index (χ3v) is 8.53. The number of benzene rings is 3. The summed E-state index contributed by atoms with van der Waals surface area (Å²) in [6, 6.07) is 24.9. The molecule has 0 saturated heterocycles. The molecule has 0 N–H and O–H groups in total. The second kappa shape index (κ2) is 5.84. The Kier molecular flexibility index (Phi) is 3.38. The van der Waals surface area contributed by atoms with Gasteiger partial charge in [0, 0.05) is 16.5 Å². The predicted octanol–water partition coefficient (Wildman–Crippen LogP) is 8.05. The Morgan fingerprint density at radius 2 is 1.50 bits per heavy atom. The molecule has 1 heteroatoms. The van der Waals surface area contributed by atoms with Crippen LogP contribution in [0.4, 0.5) is 17.1 Å². The van der Waals surface area contributed by atoms with Crippen molar-refractivity contribution in [2.45, 2.75) is 44.9 Å². The van der Waals surface area contributed by atoms with Crippen molar-refractivity contribution in [2.75, 3.05) is 4.90 Å². The molecule has 1 aliphatic heterocycles. The molecule has 0 aromatic heterocycles. The van der Waals surface area contributed by atoms with Crippen molar-refractivity contribution in [3.63, 3.8) is 0 Å². The number of rotatable bonds is 1. The zero-order valence-electron chi connectivity index (χ0n) is 19.3. The van der Waals surface area contributed by atoms with Gasteiger partial charge in [0.05, 0.1) is 11.4 Å². The van der Waals surface area contributed by atoms with E-state index in [1.54, 1.807) is 5.57 Å². The summed E-state index contributed by atoms with van der Waals surface area (Å²) < 4.78 is 0. The smallest absolute Gasteiger partial charge is 0.0506 e. The van der Waals surface area contributed by atoms with Crippen LogP contribution in [0.5, 0.6) is 0 Å². The lowest BCUT2D eigenvalue weighted by atomic mass is 9.71. The Hall–Kier alpha value is -3.06. The molecule has 0 radical (unpaired) electrons. The van der Waals surface area contributed by atoms with Gasteiger partial charge in [0.1, 0.15) is 0 Å². The molecular weight excluding hydrogens is 386 g/mol. The lowest BCUT2D eigenvalue weighted by Gasteiger charge is -2.43. The van der Waals surface area contributed by atoms with Crippen molar-refractivity contribution in [3.8, 4) is 0 Å². The van der Waals surface area contributed by atoms with Gasteiger partial charge in [0.15, 0.2) is 0 Å². The quantitative estimate of drug-likeness (QED) is 0.389. The summed E-state index contributed by atoms with van der Waals surface area (Å²) in [6.07, 6.45) is 6.23. The van der Waals surface area contributed by atoms with Gasteiger partial charge in [0.25, 0.3) is 0 Å². The molecule has 0 spiro atoms. The second-order valence-corrected chi connectivity index (χ2v) is 11.0. The molecule has 0 amide bonds. The van der Waals surface area contributed by atoms with Crippen molar-refractivity contribution in [3.05, 3.63) is 107 Å². The number of para-hydroxylation sites is 2. The summed E-state index contributed by atoms with van der Waals surface area (Å²) in [5, 5.41) is 0. The molecule has 0 bridgehead atoms. The minimum atomic E-state index is -0.0554. The number of anilines is 3. The van der Waals surface area contributed by atoms with Crippen molar-refractivity contribution < 1.29 is 0 Å². The fourth-order valence-corrected chi connectivity index (χ4v) is 6.79. The first-order valence-corrected chi connectivity index (χ1v) is 12.0. The van der Waals surface area contributed by atoms with Gasteiger partial charge >= 0.3 is 0 Å². The van der Waals surface area contributed by atoms with E-state index >= 15 is 0 Å². The van der Waals surface area contributed by atoms with E-state index in [1.165, 1.54) is 51.3 Å². The third-order valence-electron chi connectivity index (χ3n) is 8.53. The van der Waals surface area contributed by atoms with Crippen molar-refractivity contribution in [1.29, 1.82) is 0 Å². The minimum absolute atomic E-state index is 0.0554. The van der Waals surface area contributed by atoms with E-state index in [4.69, 9.17) is 0 Å². The van der Waals surface area contributed by atoms with Gasteiger partial charge in [-0.3, -0.25) is 0 Å². The number of fused-ring (bicyclic) bond motifs is 6. The normalized spacial score (nSPS) is 24.9. The number of hydrogen-bond acceptors (Lipinski definition) is 1. The summed E-state index contributed by atoms with van der Waals surface area (Å²) in [6.45, 7) is 9.68. The molecule has 3 aliphatic carbocycles. The Morgan fingerprint density at radius 3 is 2.31 bits per heavy atom. The molecule has 1 saturated carbocycles. The summed E-state index contributed by atoms with van der Waals surface area (Å²) in [5.41, 5.74) is 12.9. The summed E-state index contributed by atoms with van der Waals surface area (Å²) in [5.74, 6) is 1.53. The fraction of sp³-hybridized carbons (Fsp3) is 0.290. The highest BCUT2D eigenvalue weighted by Gasteiger charge is 2.51. The average Bonchev–Trinajstić information content (AvgIpc) is 3.54. The van der Waals surface area contributed by atoms with Gasteiger partial charge < -0.3 is 4.90 Å². The number of nitrogens with zero attached hydrogens (tertiary/aromatic N) is 1. The summed E-state index contributed by atoms with van der Waals surface area (Å²) in [4.78, 5) is 2.49. The molecule has 1 heterocycles. The zero-order valence-corrected chi connectivity index (χ0v) is 19.3. The third kappa shape index (κ3) is 2.19. The van der Waals surface area contributed by atoms with E-state index in [1.807, 2.05) is 0 Å². The molecule has 3 aromatic carbocycles. The monoisotopic (exact) mass is 415 g/mol. The van der Waals surface area contributed by atoms with Gasteiger partial charge in [-0.15, -0.1) is 0 Å². The summed E-state index contributed by atoms with van der Waals surface area (Å²) in [7, 11) is 0. The number of allylic oxidation sites excluding steroid dienone is 4. The van der Waals surface area contributed by atoms with Crippen LogP contribution in [0, 0.1) is 11.8 Å². The van der Waals surface area contributed by atoms with Crippen LogP contribution in [0.1, 0.15) is 56.4 Å². The van der Waals surface area contributed by atoms with Crippen LogP contribution in [-0.2, 0) is 10.8 Å². The molecule has 158 valence electrons. The maximum Gasteiger partial charge on any atom is 0.0506 e. The largest absolute Gasteiger partial charge is 0.310 e. The topological polar surface area (TPSA) is 3.24 Å². The first-order chi connectivity index (χ1) is 15.4. The maximum atomic E-state index is 2.54. The van der Waals surface area contributed by atoms with Crippen LogP contribution in [0.2, 0.25) is 0 Å². The van der Waals surface area contributed by atoms with E-state index in [9.17, 15) is 0 Å².